The van der Waals surface area contributed by atoms with Gasteiger partial charge in [0.1, 0.15) is 0 Å². The summed E-state index contributed by atoms with van der Waals surface area (Å²) in [5, 5.41) is 11.5. The summed E-state index contributed by atoms with van der Waals surface area (Å²) in [6.45, 7) is 13.9. The van der Waals surface area contributed by atoms with Crippen LogP contribution in [0.5, 0.6) is 0 Å². The van der Waals surface area contributed by atoms with Gasteiger partial charge in [0.15, 0.2) is 5.82 Å². The molecule has 0 bridgehead atoms. The first kappa shape index (κ1) is 14.6. The van der Waals surface area contributed by atoms with Crippen LogP contribution < -0.4 is 0 Å². The van der Waals surface area contributed by atoms with Gasteiger partial charge in [-0.1, -0.05) is 27.7 Å². The van der Waals surface area contributed by atoms with E-state index in [1.54, 1.807) is 4.80 Å². The van der Waals surface area contributed by atoms with Crippen LogP contribution in [0.25, 0.3) is 0 Å². The van der Waals surface area contributed by atoms with Crippen molar-refractivity contribution in [2.75, 3.05) is 0 Å². The predicted molar refractivity (Wildman–Crippen MR) is 55.6 cm³/mol. The number of rotatable bonds is 1. The van der Waals surface area contributed by atoms with Crippen molar-refractivity contribution in [1.82, 2.24) is 20.2 Å². The van der Waals surface area contributed by atoms with E-state index in [9.17, 15) is 0 Å². The van der Waals surface area contributed by atoms with Crippen molar-refractivity contribution in [3.8, 4) is 0 Å². The van der Waals surface area contributed by atoms with Gasteiger partial charge in [0, 0.05) is 0 Å². The molecule has 0 aliphatic carbocycles. The molecular weight excluding hydrogens is 164 g/mol. The van der Waals surface area contributed by atoms with Crippen LogP contribution in [0.4, 0.5) is 0 Å². The molecule has 0 atom stereocenters. The normalized spacial score (nSPS) is 8.31. The second-order valence-electron chi connectivity index (χ2n) is 2.25. The number of hydrogen-bond donors (Lipinski definition) is 0. The fraction of sp³-hybridized carbons (Fsp3) is 0.889. The fourth-order valence-electron chi connectivity index (χ4n) is 0.518. The minimum Gasteiger partial charge on any atom is -0.162 e. The van der Waals surface area contributed by atoms with Gasteiger partial charge in [-0.3, -0.25) is 0 Å². The maximum atomic E-state index is 4.00. The highest BCUT2D eigenvalue weighted by atomic mass is 15.6. The maximum absolute atomic E-state index is 4.00. The summed E-state index contributed by atoms with van der Waals surface area (Å²) in [6.07, 6.45) is 0. The number of aryl methyl sites for hydroxylation is 1. The zero-order valence-corrected chi connectivity index (χ0v) is 9.87. The van der Waals surface area contributed by atoms with Crippen molar-refractivity contribution in [3.63, 3.8) is 0 Å². The standard InChI is InChI=1S/C5H10N4.2C2H6/c1-4(2)9-7-5(3)6-8-9;2*1-2/h4H,1-3H3;2*1-2H3. The van der Waals surface area contributed by atoms with Gasteiger partial charge < -0.3 is 0 Å². The molecule has 1 aromatic rings. The molecule has 0 saturated carbocycles. The second-order valence-corrected chi connectivity index (χ2v) is 2.25. The van der Waals surface area contributed by atoms with E-state index in [0.717, 1.165) is 5.82 Å². The van der Waals surface area contributed by atoms with Crippen LogP contribution >= 0.6 is 0 Å². The van der Waals surface area contributed by atoms with Gasteiger partial charge in [-0.25, -0.2) is 0 Å². The minimum absolute atomic E-state index is 0.311. The second kappa shape index (κ2) is 9.16. The lowest BCUT2D eigenvalue weighted by Crippen LogP contribution is -2.04. The molecule has 4 heteroatoms. The molecule has 0 aromatic carbocycles. The van der Waals surface area contributed by atoms with Gasteiger partial charge in [0.2, 0.25) is 0 Å². The Hall–Kier alpha value is -0.930. The lowest BCUT2D eigenvalue weighted by atomic mass is 10.4. The first-order valence-electron chi connectivity index (χ1n) is 4.96. The lowest BCUT2D eigenvalue weighted by Gasteiger charge is -1.97. The van der Waals surface area contributed by atoms with E-state index in [2.05, 4.69) is 15.4 Å². The molecule has 0 spiro atoms. The van der Waals surface area contributed by atoms with Crippen molar-refractivity contribution >= 4 is 0 Å². The summed E-state index contributed by atoms with van der Waals surface area (Å²) in [7, 11) is 0. The molecule has 0 saturated heterocycles. The monoisotopic (exact) mass is 186 g/mol. The molecule has 78 valence electrons. The minimum atomic E-state index is 0.311. The largest absolute Gasteiger partial charge is 0.171 e. The lowest BCUT2D eigenvalue weighted by molar-refractivity contribution is 0.454. The SMILES string of the molecule is CC.CC.Cc1nnn(C(C)C)n1. The molecular formula is C9H22N4. The molecule has 4 nitrogen and oxygen atoms in total. The number of hydrogen-bond acceptors (Lipinski definition) is 3. The number of tetrazole rings is 1. The third-order valence-electron chi connectivity index (χ3n) is 0.990. The van der Waals surface area contributed by atoms with Crippen LogP contribution in [-0.2, 0) is 0 Å². The third kappa shape index (κ3) is 6.25. The van der Waals surface area contributed by atoms with Gasteiger partial charge in [0.25, 0.3) is 0 Å². The van der Waals surface area contributed by atoms with Crippen LogP contribution in [0.2, 0.25) is 0 Å². The van der Waals surface area contributed by atoms with Gasteiger partial charge in [-0.15, -0.1) is 10.2 Å². The average molecular weight is 186 g/mol. The van der Waals surface area contributed by atoms with Crippen LogP contribution in [0, 0.1) is 6.92 Å². The van der Waals surface area contributed by atoms with Gasteiger partial charge in [-0.2, -0.15) is 4.80 Å². The highest BCUT2D eigenvalue weighted by Crippen LogP contribution is 1.96. The highest BCUT2D eigenvalue weighted by molar-refractivity contribution is 4.67. The van der Waals surface area contributed by atoms with Crippen molar-refractivity contribution in [2.24, 2.45) is 0 Å². The Morgan fingerprint density at radius 2 is 1.54 bits per heavy atom. The Labute approximate surface area is 81.3 Å². The molecule has 13 heavy (non-hydrogen) atoms. The van der Waals surface area contributed by atoms with Crippen LogP contribution in [0.1, 0.15) is 53.4 Å². The molecule has 0 aliphatic heterocycles. The maximum Gasteiger partial charge on any atom is 0.171 e. The molecule has 0 N–H and O–H groups in total. The summed E-state index contributed by atoms with van der Waals surface area (Å²) in [5.74, 6) is 0.726. The quantitative estimate of drug-likeness (QED) is 0.677. The Kier molecular flexibility index (Phi) is 10.3. The zero-order valence-electron chi connectivity index (χ0n) is 9.87. The summed E-state index contributed by atoms with van der Waals surface area (Å²) in [5.41, 5.74) is 0. The van der Waals surface area contributed by atoms with E-state index in [1.807, 2.05) is 48.5 Å². The predicted octanol–water partition coefficient (Wildman–Crippen LogP) is 2.61. The molecule has 1 heterocycles. The smallest absolute Gasteiger partial charge is 0.162 e. The molecule has 0 radical (unpaired) electrons. The Morgan fingerprint density at radius 1 is 1.08 bits per heavy atom. The zero-order chi connectivity index (χ0) is 10.9. The summed E-state index contributed by atoms with van der Waals surface area (Å²) in [4.78, 5) is 1.59. The van der Waals surface area contributed by atoms with Crippen LogP contribution in [0.3, 0.4) is 0 Å². The van der Waals surface area contributed by atoms with Crippen LogP contribution in [-0.4, -0.2) is 20.2 Å². The van der Waals surface area contributed by atoms with Gasteiger partial charge in [-0.05, 0) is 26.0 Å². The average Bonchev–Trinajstić information content (AvgIpc) is 2.59. The Balaban J connectivity index is 0. The molecule has 1 rings (SSSR count). The molecule has 0 aliphatic rings. The molecule has 0 fully saturated rings. The van der Waals surface area contributed by atoms with E-state index >= 15 is 0 Å². The fourth-order valence-corrected chi connectivity index (χ4v) is 0.518. The first-order chi connectivity index (χ1) is 6.20. The third-order valence-corrected chi connectivity index (χ3v) is 0.990. The number of aromatic nitrogens is 4. The van der Waals surface area contributed by atoms with E-state index in [4.69, 9.17) is 0 Å². The highest BCUT2D eigenvalue weighted by Gasteiger charge is 1.99. The van der Waals surface area contributed by atoms with Crippen molar-refractivity contribution in [2.45, 2.75) is 54.5 Å². The molecule has 1 aromatic heterocycles. The topological polar surface area (TPSA) is 43.6 Å². The van der Waals surface area contributed by atoms with Crippen molar-refractivity contribution < 1.29 is 0 Å². The summed E-state index contributed by atoms with van der Waals surface area (Å²) >= 11 is 0. The van der Waals surface area contributed by atoms with E-state index in [0.29, 0.717) is 6.04 Å². The Bertz CT molecular complexity index is 193. The van der Waals surface area contributed by atoms with E-state index < -0.39 is 0 Å². The van der Waals surface area contributed by atoms with Crippen molar-refractivity contribution in [1.29, 1.82) is 0 Å². The number of nitrogens with zero attached hydrogens (tertiary/aromatic N) is 4. The van der Waals surface area contributed by atoms with Crippen molar-refractivity contribution in [3.05, 3.63) is 5.82 Å². The molecule has 0 unspecified atom stereocenters. The van der Waals surface area contributed by atoms with Crippen LogP contribution in [0.15, 0.2) is 0 Å². The summed E-state index contributed by atoms with van der Waals surface area (Å²) in [6, 6.07) is 0.311. The van der Waals surface area contributed by atoms with E-state index in [-0.39, 0.29) is 0 Å². The first-order valence-corrected chi connectivity index (χ1v) is 4.96. The van der Waals surface area contributed by atoms with Gasteiger partial charge >= 0.3 is 0 Å². The van der Waals surface area contributed by atoms with E-state index in [1.165, 1.54) is 0 Å². The Morgan fingerprint density at radius 3 is 1.69 bits per heavy atom. The summed E-state index contributed by atoms with van der Waals surface area (Å²) < 4.78 is 0. The van der Waals surface area contributed by atoms with Gasteiger partial charge in [0.05, 0.1) is 6.04 Å². The molecule has 0 amide bonds.